The molecule has 1 saturated heterocycles. The van der Waals surface area contributed by atoms with Crippen LogP contribution in [0, 0.1) is 0 Å². The van der Waals surface area contributed by atoms with Crippen LogP contribution in [0.5, 0.6) is 0 Å². The fourth-order valence-electron chi connectivity index (χ4n) is 1.84. The number of rotatable bonds is 2. The number of aliphatic hydroxyl groups excluding tert-OH is 2. The van der Waals surface area contributed by atoms with E-state index in [-0.39, 0.29) is 12.6 Å². The zero-order chi connectivity index (χ0) is 10.7. The van der Waals surface area contributed by atoms with Crippen LogP contribution < -0.4 is 0 Å². The smallest absolute Gasteiger partial charge is 0.409 e. The Morgan fingerprint density at radius 2 is 2.21 bits per heavy atom. The summed E-state index contributed by atoms with van der Waals surface area (Å²) < 4.78 is 4.57. The average molecular weight is 203 g/mol. The third-order valence-electron chi connectivity index (χ3n) is 2.57. The lowest BCUT2D eigenvalue weighted by atomic mass is 10.1. The molecule has 0 aliphatic carbocycles. The van der Waals surface area contributed by atoms with Crippen LogP contribution >= 0.6 is 0 Å². The minimum atomic E-state index is -0.856. The van der Waals surface area contributed by atoms with Crippen LogP contribution in [0.25, 0.3) is 0 Å². The number of methoxy groups -OCH3 is 1. The average Bonchev–Trinajstić information content (AvgIpc) is 2.45. The molecule has 0 radical (unpaired) electrons. The van der Waals surface area contributed by atoms with Gasteiger partial charge in [-0.05, 0) is 6.42 Å². The molecule has 0 aromatic carbocycles. The van der Waals surface area contributed by atoms with Gasteiger partial charge in [0.15, 0.2) is 0 Å². The third kappa shape index (κ3) is 1.99. The Hall–Kier alpha value is -0.810. The lowest BCUT2D eigenvalue weighted by Gasteiger charge is -2.23. The Morgan fingerprint density at radius 1 is 1.57 bits per heavy atom. The second-order valence-corrected chi connectivity index (χ2v) is 3.54. The van der Waals surface area contributed by atoms with Gasteiger partial charge in [0.2, 0.25) is 0 Å². The predicted molar refractivity (Wildman–Crippen MR) is 49.8 cm³/mol. The van der Waals surface area contributed by atoms with Crippen LogP contribution in [-0.4, -0.2) is 53.1 Å². The van der Waals surface area contributed by atoms with Gasteiger partial charge in [-0.25, -0.2) is 4.79 Å². The summed E-state index contributed by atoms with van der Waals surface area (Å²) in [4.78, 5) is 12.7. The summed E-state index contributed by atoms with van der Waals surface area (Å²) in [5.41, 5.74) is 0. The molecule has 5 heteroatoms. The van der Waals surface area contributed by atoms with Crippen molar-refractivity contribution in [2.45, 2.75) is 38.0 Å². The SMILES string of the molecule is CCC[C@H]1[C@H](O)[C@H](O)CN1C(=O)OC. The van der Waals surface area contributed by atoms with Crippen LogP contribution in [0.1, 0.15) is 19.8 Å². The molecule has 3 atom stereocenters. The van der Waals surface area contributed by atoms with E-state index in [0.29, 0.717) is 6.42 Å². The summed E-state index contributed by atoms with van der Waals surface area (Å²) in [6.07, 6.45) is -0.673. The molecule has 1 fully saturated rings. The van der Waals surface area contributed by atoms with Gasteiger partial charge < -0.3 is 14.9 Å². The van der Waals surface area contributed by atoms with Crippen molar-refractivity contribution < 1.29 is 19.7 Å². The van der Waals surface area contributed by atoms with Gasteiger partial charge in [0, 0.05) is 0 Å². The van der Waals surface area contributed by atoms with Crippen LogP contribution in [0.2, 0.25) is 0 Å². The van der Waals surface area contributed by atoms with E-state index in [0.717, 1.165) is 6.42 Å². The van der Waals surface area contributed by atoms with Crippen LogP contribution in [0.4, 0.5) is 4.79 Å². The molecular weight excluding hydrogens is 186 g/mol. The minimum absolute atomic E-state index is 0.151. The number of nitrogens with zero attached hydrogens (tertiary/aromatic N) is 1. The van der Waals surface area contributed by atoms with Crippen molar-refractivity contribution in [3.8, 4) is 0 Å². The van der Waals surface area contributed by atoms with E-state index in [1.54, 1.807) is 0 Å². The van der Waals surface area contributed by atoms with E-state index in [1.807, 2.05) is 6.92 Å². The first-order valence-corrected chi connectivity index (χ1v) is 4.82. The lowest BCUT2D eigenvalue weighted by molar-refractivity contribution is 0.0351. The number of carbonyl (C=O) groups excluding carboxylic acids is 1. The molecule has 0 aromatic heterocycles. The molecular formula is C9H17NO4. The van der Waals surface area contributed by atoms with Crippen molar-refractivity contribution in [2.24, 2.45) is 0 Å². The second kappa shape index (κ2) is 4.61. The second-order valence-electron chi connectivity index (χ2n) is 3.54. The first-order valence-electron chi connectivity index (χ1n) is 4.82. The molecule has 1 aliphatic rings. The van der Waals surface area contributed by atoms with Gasteiger partial charge in [-0.3, -0.25) is 4.90 Å². The molecule has 0 spiro atoms. The van der Waals surface area contributed by atoms with Crippen LogP contribution in [0.15, 0.2) is 0 Å². The maximum Gasteiger partial charge on any atom is 0.409 e. The summed E-state index contributed by atoms with van der Waals surface area (Å²) in [7, 11) is 1.29. The Labute approximate surface area is 83.3 Å². The largest absolute Gasteiger partial charge is 0.453 e. The monoisotopic (exact) mass is 203 g/mol. The molecule has 5 nitrogen and oxygen atoms in total. The van der Waals surface area contributed by atoms with Gasteiger partial charge in [0.05, 0.1) is 25.8 Å². The van der Waals surface area contributed by atoms with Gasteiger partial charge >= 0.3 is 6.09 Å². The molecule has 0 aromatic rings. The van der Waals surface area contributed by atoms with Crippen molar-refractivity contribution >= 4 is 6.09 Å². The summed E-state index contributed by atoms with van der Waals surface area (Å²) in [6.45, 7) is 2.12. The quantitative estimate of drug-likeness (QED) is 0.660. The van der Waals surface area contributed by atoms with Crippen molar-refractivity contribution in [3.63, 3.8) is 0 Å². The maximum absolute atomic E-state index is 11.3. The molecule has 1 rings (SSSR count). The zero-order valence-electron chi connectivity index (χ0n) is 8.51. The molecule has 0 saturated carbocycles. The number of hydrogen-bond acceptors (Lipinski definition) is 4. The highest BCUT2D eigenvalue weighted by Crippen LogP contribution is 2.23. The predicted octanol–water partition coefficient (Wildman–Crippen LogP) is -0.0411. The van der Waals surface area contributed by atoms with Crippen LogP contribution in [0.3, 0.4) is 0 Å². The number of carbonyl (C=O) groups is 1. The molecule has 0 unspecified atom stereocenters. The standard InChI is InChI=1S/C9H17NO4/c1-3-4-6-8(12)7(11)5-10(6)9(13)14-2/h6-8,11-12H,3-5H2,1-2H3/t6-,7+,8-/m0/s1. The molecule has 1 heterocycles. The molecule has 2 N–H and O–H groups in total. The van der Waals surface area contributed by atoms with Gasteiger partial charge in [-0.2, -0.15) is 0 Å². The topological polar surface area (TPSA) is 70.0 Å². The highest BCUT2D eigenvalue weighted by molar-refractivity contribution is 5.68. The number of aliphatic hydroxyl groups is 2. The van der Waals surface area contributed by atoms with Crippen molar-refractivity contribution in [1.82, 2.24) is 4.90 Å². The van der Waals surface area contributed by atoms with Crippen LogP contribution in [-0.2, 0) is 4.74 Å². The first kappa shape index (κ1) is 11.3. The number of likely N-dealkylation sites (tertiary alicyclic amines) is 1. The van der Waals surface area contributed by atoms with Crippen molar-refractivity contribution in [3.05, 3.63) is 0 Å². The summed E-state index contributed by atoms with van der Waals surface area (Å²) >= 11 is 0. The summed E-state index contributed by atoms with van der Waals surface area (Å²) in [6, 6.07) is -0.317. The Balaban J connectivity index is 2.69. The molecule has 82 valence electrons. The fraction of sp³-hybridized carbons (Fsp3) is 0.889. The molecule has 0 bridgehead atoms. The summed E-state index contributed by atoms with van der Waals surface area (Å²) in [5.74, 6) is 0. The van der Waals surface area contributed by atoms with Gasteiger partial charge in [0.25, 0.3) is 0 Å². The van der Waals surface area contributed by atoms with E-state index < -0.39 is 18.3 Å². The minimum Gasteiger partial charge on any atom is -0.453 e. The van der Waals surface area contributed by atoms with Crippen molar-refractivity contribution in [1.29, 1.82) is 0 Å². The zero-order valence-corrected chi connectivity index (χ0v) is 8.51. The Bertz CT molecular complexity index is 209. The third-order valence-corrected chi connectivity index (χ3v) is 2.57. The van der Waals surface area contributed by atoms with E-state index in [4.69, 9.17) is 0 Å². The Morgan fingerprint density at radius 3 is 2.71 bits per heavy atom. The highest BCUT2D eigenvalue weighted by Gasteiger charge is 2.42. The molecule has 14 heavy (non-hydrogen) atoms. The lowest BCUT2D eigenvalue weighted by Crippen LogP contribution is -2.39. The number of hydrogen-bond donors (Lipinski definition) is 2. The molecule has 1 aliphatic heterocycles. The highest BCUT2D eigenvalue weighted by atomic mass is 16.5. The normalized spacial score (nSPS) is 32.0. The first-order chi connectivity index (χ1) is 6.61. The Kier molecular flexibility index (Phi) is 3.71. The maximum atomic E-state index is 11.3. The van der Waals surface area contributed by atoms with Crippen molar-refractivity contribution in [2.75, 3.05) is 13.7 Å². The van der Waals surface area contributed by atoms with E-state index in [1.165, 1.54) is 12.0 Å². The molecule has 1 amide bonds. The van der Waals surface area contributed by atoms with E-state index in [2.05, 4.69) is 4.74 Å². The van der Waals surface area contributed by atoms with E-state index >= 15 is 0 Å². The number of ether oxygens (including phenoxy) is 1. The van der Waals surface area contributed by atoms with Gasteiger partial charge in [0.1, 0.15) is 6.10 Å². The van der Waals surface area contributed by atoms with E-state index in [9.17, 15) is 15.0 Å². The van der Waals surface area contributed by atoms with Gasteiger partial charge in [-0.15, -0.1) is 0 Å². The number of β-amino-alcohol motifs (C(OH)–C–C–N with tert-alkyl or cyclic N) is 1. The summed E-state index contributed by atoms with van der Waals surface area (Å²) in [5, 5.41) is 19.0. The fourth-order valence-corrected chi connectivity index (χ4v) is 1.84. The number of amides is 1. The van der Waals surface area contributed by atoms with Gasteiger partial charge in [-0.1, -0.05) is 13.3 Å².